The van der Waals surface area contributed by atoms with E-state index in [4.69, 9.17) is 4.42 Å². The third-order valence-electron chi connectivity index (χ3n) is 1.99. The average Bonchev–Trinajstić information content (AvgIpc) is 2.97. The Kier molecular flexibility index (Phi) is 14.9. The van der Waals surface area contributed by atoms with E-state index in [2.05, 4.69) is 29.9 Å². The first-order valence-corrected chi connectivity index (χ1v) is 7.26. The zero-order valence-electron chi connectivity index (χ0n) is 14.5. The summed E-state index contributed by atoms with van der Waals surface area (Å²) >= 11 is 0. The molecule has 3 nitrogen and oxygen atoms in total. The molecule has 0 amide bonds. The van der Waals surface area contributed by atoms with Gasteiger partial charge in [-0.15, -0.1) is 16.8 Å². The number of benzene rings is 1. The lowest BCUT2D eigenvalue weighted by Crippen LogP contribution is -1.77. The van der Waals surface area contributed by atoms with Gasteiger partial charge in [0.1, 0.15) is 0 Å². The minimum atomic E-state index is 0.581. The topological polar surface area (TPSA) is 38.9 Å². The van der Waals surface area contributed by atoms with Crippen LogP contribution in [0.25, 0.3) is 11.5 Å². The standard InChI is InChI=1S/C10H10N2O.C4H6.C3H6.C2H6/c1-7-3-5-9(6-4-7)10-12-11-8(2)13-10;1-3-4-2;1-3-2;1-2/h3-6H,1-2H3;3-4H,1-2H2;3H,1H2,2H3;1-2H3. The van der Waals surface area contributed by atoms with E-state index in [1.165, 1.54) is 5.56 Å². The van der Waals surface area contributed by atoms with Gasteiger partial charge in [0.05, 0.1) is 0 Å². The van der Waals surface area contributed by atoms with Crippen molar-refractivity contribution in [3.8, 4) is 11.5 Å². The Morgan fingerprint density at radius 1 is 0.909 bits per heavy atom. The minimum absolute atomic E-state index is 0.581. The maximum absolute atomic E-state index is 5.29. The van der Waals surface area contributed by atoms with E-state index in [0.29, 0.717) is 11.8 Å². The molecule has 3 heteroatoms. The maximum Gasteiger partial charge on any atom is 0.247 e. The van der Waals surface area contributed by atoms with Gasteiger partial charge in [0.15, 0.2) is 0 Å². The summed E-state index contributed by atoms with van der Waals surface area (Å²) in [4.78, 5) is 0. The molecule has 0 aliphatic heterocycles. The summed E-state index contributed by atoms with van der Waals surface area (Å²) in [5.41, 5.74) is 2.19. The lowest BCUT2D eigenvalue weighted by Gasteiger charge is -1.94. The Bertz CT molecular complexity index is 519. The molecule has 0 N–H and O–H groups in total. The summed E-state index contributed by atoms with van der Waals surface area (Å²) in [5, 5.41) is 7.70. The van der Waals surface area contributed by atoms with Crippen molar-refractivity contribution in [1.82, 2.24) is 10.2 Å². The van der Waals surface area contributed by atoms with Crippen LogP contribution in [0.2, 0.25) is 0 Å². The molecule has 0 fully saturated rings. The van der Waals surface area contributed by atoms with Gasteiger partial charge in [-0.05, 0) is 26.0 Å². The quantitative estimate of drug-likeness (QED) is 0.509. The third kappa shape index (κ3) is 10.4. The van der Waals surface area contributed by atoms with Gasteiger partial charge in [-0.2, -0.15) is 0 Å². The van der Waals surface area contributed by atoms with E-state index < -0.39 is 0 Å². The smallest absolute Gasteiger partial charge is 0.247 e. The number of aryl methyl sites for hydroxylation is 2. The van der Waals surface area contributed by atoms with Gasteiger partial charge >= 0.3 is 0 Å². The van der Waals surface area contributed by atoms with Crippen molar-refractivity contribution in [1.29, 1.82) is 0 Å². The molecule has 0 radical (unpaired) electrons. The normalized spacial score (nSPS) is 7.86. The highest BCUT2D eigenvalue weighted by Gasteiger charge is 2.03. The Balaban J connectivity index is 0. The molecule has 0 saturated carbocycles. The summed E-state index contributed by atoms with van der Waals surface area (Å²) < 4.78 is 5.29. The van der Waals surface area contributed by atoms with Gasteiger partial charge in [0.2, 0.25) is 11.8 Å². The zero-order valence-corrected chi connectivity index (χ0v) is 14.5. The fourth-order valence-corrected chi connectivity index (χ4v) is 1.11. The summed E-state index contributed by atoms with van der Waals surface area (Å²) in [5.74, 6) is 1.17. The number of allylic oxidation sites excluding steroid dienone is 3. The fraction of sp³-hybridized carbons (Fsp3) is 0.263. The number of nitrogens with zero attached hydrogens (tertiary/aromatic N) is 2. The molecule has 0 spiro atoms. The van der Waals surface area contributed by atoms with Gasteiger partial charge in [0.25, 0.3) is 0 Å². The summed E-state index contributed by atoms with van der Waals surface area (Å²) in [6, 6.07) is 7.99. The molecular weight excluding hydrogens is 272 g/mol. The van der Waals surface area contributed by atoms with Crippen molar-refractivity contribution in [3.05, 3.63) is 73.7 Å². The van der Waals surface area contributed by atoms with Crippen LogP contribution in [-0.2, 0) is 0 Å². The molecular formula is C19H28N2O. The highest BCUT2D eigenvalue weighted by Crippen LogP contribution is 2.17. The van der Waals surface area contributed by atoms with Crippen molar-refractivity contribution in [2.24, 2.45) is 0 Å². The molecule has 1 heterocycles. The molecule has 2 aromatic rings. The van der Waals surface area contributed by atoms with Gasteiger partial charge in [-0.1, -0.05) is 62.9 Å². The van der Waals surface area contributed by atoms with E-state index in [9.17, 15) is 0 Å². The number of rotatable bonds is 2. The van der Waals surface area contributed by atoms with Crippen LogP contribution < -0.4 is 0 Å². The van der Waals surface area contributed by atoms with E-state index in [-0.39, 0.29) is 0 Å². The third-order valence-corrected chi connectivity index (χ3v) is 1.99. The summed E-state index contributed by atoms with van der Waals surface area (Å²) in [6.45, 7) is 19.8. The second kappa shape index (κ2) is 15.0. The van der Waals surface area contributed by atoms with Gasteiger partial charge in [-0.25, -0.2) is 0 Å². The molecule has 120 valence electrons. The monoisotopic (exact) mass is 300 g/mol. The first kappa shape index (κ1) is 21.9. The Morgan fingerprint density at radius 2 is 1.36 bits per heavy atom. The van der Waals surface area contributed by atoms with E-state index in [0.717, 1.165) is 5.56 Å². The van der Waals surface area contributed by atoms with Crippen LogP contribution in [0.15, 0.2) is 66.6 Å². The lowest BCUT2D eigenvalue weighted by atomic mass is 10.1. The number of hydrogen-bond acceptors (Lipinski definition) is 3. The first-order chi connectivity index (χ1) is 10.6. The molecule has 0 atom stereocenters. The maximum atomic E-state index is 5.29. The largest absolute Gasteiger partial charge is 0.421 e. The molecule has 0 saturated heterocycles. The molecule has 0 aliphatic carbocycles. The van der Waals surface area contributed by atoms with Crippen molar-refractivity contribution in [3.63, 3.8) is 0 Å². The van der Waals surface area contributed by atoms with Crippen molar-refractivity contribution >= 4 is 0 Å². The molecule has 0 aliphatic rings. The average molecular weight is 300 g/mol. The highest BCUT2D eigenvalue weighted by atomic mass is 16.4. The van der Waals surface area contributed by atoms with E-state index >= 15 is 0 Å². The predicted molar refractivity (Wildman–Crippen MR) is 96.8 cm³/mol. The lowest BCUT2D eigenvalue weighted by molar-refractivity contribution is 0.533. The molecule has 0 bridgehead atoms. The molecule has 2 rings (SSSR count). The number of hydrogen-bond donors (Lipinski definition) is 0. The predicted octanol–water partition coefficient (Wildman–Crippen LogP) is 5.93. The fourth-order valence-electron chi connectivity index (χ4n) is 1.11. The number of aromatic nitrogens is 2. The Morgan fingerprint density at radius 3 is 1.68 bits per heavy atom. The van der Waals surface area contributed by atoms with Crippen LogP contribution >= 0.6 is 0 Å². The van der Waals surface area contributed by atoms with Crippen LogP contribution in [0.3, 0.4) is 0 Å². The molecule has 0 unspecified atom stereocenters. The second-order valence-corrected chi connectivity index (χ2v) is 3.87. The summed E-state index contributed by atoms with van der Waals surface area (Å²) in [7, 11) is 0. The van der Waals surface area contributed by atoms with Crippen LogP contribution in [-0.4, -0.2) is 10.2 Å². The van der Waals surface area contributed by atoms with Crippen LogP contribution in [0.5, 0.6) is 0 Å². The van der Waals surface area contributed by atoms with Crippen LogP contribution in [0, 0.1) is 13.8 Å². The summed E-state index contributed by atoms with van der Waals surface area (Å²) in [6.07, 6.45) is 5.03. The Hall–Kier alpha value is -2.42. The van der Waals surface area contributed by atoms with Gasteiger partial charge in [0, 0.05) is 12.5 Å². The minimum Gasteiger partial charge on any atom is -0.421 e. The van der Waals surface area contributed by atoms with Crippen LogP contribution in [0.1, 0.15) is 32.2 Å². The van der Waals surface area contributed by atoms with Gasteiger partial charge < -0.3 is 4.42 Å². The van der Waals surface area contributed by atoms with E-state index in [1.54, 1.807) is 25.2 Å². The molecule has 1 aromatic heterocycles. The zero-order chi connectivity index (χ0) is 17.4. The highest BCUT2D eigenvalue weighted by molar-refractivity contribution is 5.52. The van der Waals surface area contributed by atoms with Gasteiger partial charge in [-0.3, -0.25) is 0 Å². The second-order valence-electron chi connectivity index (χ2n) is 3.87. The van der Waals surface area contributed by atoms with Crippen molar-refractivity contribution in [2.75, 3.05) is 0 Å². The van der Waals surface area contributed by atoms with Crippen LogP contribution in [0.4, 0.5) is 0 Å². The molecule has 1 aromatic carbocycles. The van der Waals surface area contributed by atoms with Crippen molar-refractivity contribution in [2.45, 2.75) is 34.6 Å². The van der Waals surface area contributed by atoms with E-state index in [1.807, 2.05) is 52.0 Å². The van der Waals surface area contributed by atoms with Crippen molar-refractivity contribution < 1.29 is 4.42 Å². The Labute approximate surface area is 135 Å². The SMILES string of the molecule is C=CC.C=CC=C.CC.Cc1ccc(-c2nnc(C)o2)cc1. The first-order valence-electron chi connectivity index (χ1n) is 7.26. The molecule has 22 heavy (non-hydrogen) atoms.